The van der Waals surface area contributed by atoms with Crippen molar-refractivity contribution in [3.8, 4) is 0 Å². The molecule has 0 aromatic heterocycles. The molecule has 0 radical (unpaired) electrons. The summed E-state index contributed by atoms with van der Waals surface area (Å²) in [5, 5.41) is 20.0. The third-order valence-corrected chi connectivity index (χ3v) is 5.14. The molecule has 0 aliphatic rings. The van der Waals surface area contributed by atoms with Crippen LogP contribution in [0, 0.1) is 19.8 Å². The van der Waals surface area contributed by atoms with E-state index in [4.69, 9.17) is 15.6 Å². The van der Waals surface area contributed by atoms with Crippen LogP contribution in [0.2, 0.25) is 0 Å². The van der Waals surface area contributed by atoms with E-state index >= 15 is 0 Å². The zero-order valence-electron chi connectivity index (χ0n) is 20.3. The third kappa shape index (κ3) is 11.5. The van der Waals surface area contributed by atoms with E-state index in [9.17, 15) is 19.5 Å². The van der Waals surface area contributed by atoms with Gasteiger partial charge in [-0.2, -0.15) is 0 Å². The highest BCUT2D eigenvalue weighted by molar-refractivity contribution is 5.79. The van der Waals surface area contributed by atoms with Gasteiger partial charge in [0.15, 0.2) is 0 Å². The van der Waals surface area contributed by atoms with Gasteiger partial charge in [-0.25, -0.2) is 9.59 Å². The standard InChI is InChI=1S/C20H23NO4.C6H13NO2/c1-14-8-9-16(12-15(14)2)10-11-18(19(22)23)21-20(24)25-13-17-6-4-3-5-7-17;1-4(2)3-5(7)6(8)9/h3-9,12,18H,10-11,13H2,1-2H3,(H,21,24)(H,22,23);4-5H,3,7H2,1-2H3,(H,8,9)/t18-;5-/m00/s1. The van der Waals surface area contributed by atoms with Gasteiger partial charge in [-0.15, -0.1) is 0 Å². The molecule has 0 saturated carbocycles. The van der Waals surface area contributed by atoms with Gasteiger partial charge in [0.25, 0.3) is 0 Å². The molecule has 2 atom stereocenters. The second kappa shape index (κ2) is 14.7. The molecule has 0 heterocycles. The number of carboxylic acids is 2. The van der Waals surface area contributed by atoms with Crippen LogP contribution in [0.4, 0.5) is 4.79 Å². The van der Waals surface area contributed by atoms with Crippen LogP contribution >= 0.6 is 0 Å². The van der Waals surface area contributed by atoms with Crippen LogP contribution in [0.1, 0.15) is 48.9 Å². The van der Waals surface area contributed by atoms with Gasteiger partial charge in [-0.3, -0.25) is 4.79 Å². The summed E-state index contributed by atoms with van der Waals surface area (Å²) < 4.78 is 5.08. The van der Waals surface area contributed by atoms with E-state index in [0.717, 1.165) is 11.1 Å². The van der Waals surface area contributed by atoms with E-state index in [1.165, 1.54) is 11.1 Å². The summed E-state index contributed by atoms with van der Waals surface area (Å²) in [5.74, 6) is -1.62. The second-order valence-corrected chi connectivity index (χ2v) is 8.63. The number of benzene rings is 2. The Bertz CT molecular complexity index is 930. The summed E-state index contributed by atoms with van der Waals surface area (Å²) in [6.45, 7) is 8.05. The van der Waals surface area contributed by atoms with E-state index in [2.05, 4.69) is 5.32 Å². The maximum Gasteiger partial charge on any atom is 0.408 e. The maximum absolute atomic E-state index is 11.8. The number of rotatable bonds is 10. The lowest BCUT2D eigenvalue weighted by Gasteiger charge is -2.15. The Hall–Kier alpha value is -3.39. The van der Waals surface area contributed by atoms with Crippen molar-refractivity contribution in [3.63, 3.8) is 0 Å². The fourth-order valence-corrected chi connectivity index (χ4v) is 3.04. The van der Waals surface area contributed by atoms with E-state index < -0.39 is 30.1 Å². The van der Waals surface area contributed by atoms with E-state index in [1.54, 1.807) is 0 Å². The number of amides is 1. The van der Waals surface area contributed by atoms with Crippen molar-refractivity contribution in [2.75, 3.05) is 0 Å². The van der Waals surface area contributed by atoms with Crippen LogP contribution in [-0.4, -0.2) is 40.3 Å². The van der Waals surface area contributed by atoms with Crippen LogP contribution in [0.25, 0.3) is 0 Å². The highest BCUT2D eigenvalue weighted by Crippen LogP contribution is 2.12. The first-order valence-corrected chi connectivity index (χ1v) is 11.2. The average Bonchev–Trinajstić information content (AvgIpc) is 2.78. The molecule has 8 heteroatoms. The van der Waals surface area contributed by atoms with Crippen molar-refractivity contribution in [2.24, 2.45) is 11.7 Å². The van der Waals surface area contributed by atoms with E-state index in [0.29, 0.717) is 25.2 Å². The van der Waals surface area contributed by atoms with Gasteiger partial charge < -0.3 is 26.0 Å². The number of hydrogen-bond donors (Lipinski definition) is 4. The van der Waals surface area contributed by atoms with Crippen molar-refractivity contribution in [1.29, 1.82) is 0 Å². The number of alkyl carbamates (subject to hydrolysis) is 1. The number of carbonyl (C=O) groups excluding carboxylic acids is 1. The number of hydrogen-bond acceptors (Lipinski definition) is 5. The van der Waals surface area contributed by atoms with Crippen molar-refractivity contribution < 1.29 is 29.3 Å². The van der Waals surface area contributed by atoms with Crippen molar-refractivity contribution in [2.45, 2.75) is 65.6 Å². The molecule has 0 spiro atoms. The van der Waals surface area contributed by atoms with Gasteiger partial charge in [-0.05, 0) is 61.3 Å². The molecule has 0 fully saturated rings. The van der Waals surface area contributed by atoms with E-state index in [1.807, 2.05) is 76.2 Å². The fraction of sp³-hybridized carbons (Fsp3) is 0.423. The Balaban J connectivity index is 0.000000546. The van der Waals surface area contributed by atoms with Gasteiger partial charge in [0.2, 0.25) is 0 Å². The Kier molecular flexibility index (Phi) is 12.4. The summed E-state index contributed by atoms with van der Waals surface area (Å²) in [6, 6.07) is 13.6. The topological polar surface area (TPSA) is 139 Å². The predicted molar refractivity (Wildman–Crippen MR) is 130 cm³/mol. The molecule has 0 unspecified atom stereocenters. The van der Waals surface area contributed by atoms with Gasteiger partial charge in [0.1, 0.15) is 18.7 Å². The minimum Gasteiger partial charge on any atom is -0.480 e. The number of carbonyl (C=O) groups is 3. The quantitative estimate of drug-likeness (QED) is 0.409. The molecule has 0 bridgehead atoms. The molecule has 2 rings (SSSR count). The van der Waals surface area contributed by atoms with Crippen molar-refractivity contribution in [3.05, 3.63) is 70.8 Å². The Morgan fingerprint density at radius 3 is 2.09 bits per heavy atom. The number of ether oxygens (including phenoxy) is 1. The van der Waals surface area contributed by atoms with Crippen molar-refractivity contribution >= 4 is 18.0 Å². The first-order chi connectivity index (χ1) is 16.0. The molecule has 5 N–H and O–H groups in total. The summed E-state index contributed by atoms with van der Waals surface area (Å²) in [6.07, 6.45) is 0.696. The zero-order chi connectivity index (χ0) is 25.7. The van der Waals surface area contributed by atoms with Crippen LogP contribution < -0.4 is 11.1 Å². The molecule has 0 aliphatic carbocycles. The lowest BCUT2D eigenvalue weighted by atomic mass is 10.0. The van der Waals surface area contributed by atoms with Gasteiger partial charge in [-0.1, -0.05) is 62.4 Å². The third-order valence-electron chi connectivity index (χ3n) is 5.14. The molecule has 34 heavy (non-hydrogen) atoms. The second-order valence-electron chi connectivity index (χ2n) is 8.63. The summed E-state index contributed by atoms with van der Waals surface area (Å²) in [7, 11) is 0. The SMILES string of the molecule is CC(C)C[C@H](N)C(=O)O.Cc1ccc(CC[C@H](NC(=O)OCc2ccccc2)C(=O)O)cc1C. The van der Waals surface area contributed by atoms with Crippen LogP contribution in [-0.2, 0) is 27.4 Å². The smallest absolute Gasteiger partial charge is 0.408 e. The molecular weight excluding hydrogens is 436 g/mol. The summed E-state index contributed by atoms with van der Waals surface area (Å²) in [5.41, 5.74) is 9.48. The first kappa shape index (κ1) is 28.6. The lowest BCUT2D eigenvalue weighted by molar-refractivity contribution is -0.140. The number of aryl methyl sites for hydroxylation is 3. The number of carboxylic acid groups (broad SMARTS) is 2. The Morgan fingerprint density at radius 1 is 0.941 bits per heavy atom. The molecular formula is C26H36N2O6. The molecule has 186 valence electrons. The van der Waals surface area contributed by atoms with Crippen LogP contribution in [0.15, 0.2) is 48.5 Å². The summed E-state index contributed by atoms with van der Waals surface area (Å²) in [4.78, 5) is 33.3. The maximum atomic E-state index is 11.8. The predicted octanol–water partition coefficient (Wildman–Crippen LogP) is 4.06. The Morgan fingerprint density at radius 2 is 1.59 bits per heavy atom. The number of nitrogens with one attached hydrogen (secondary N) is 1. The normalized spacial score (nSPS) is 12.2. The fourth-order valence-electron chi connectivity index (χ4n) is 3.04. The number of aliphatic carboxylic acids is 2. The highest BCUT2D eigenvalue weighted by atomic mass is 16.5. The zero-order valence-corrected chi connectivity index (χ0v) is 20.3. The number of nitrogens with two attached hydrogens (primary N) is 1. The van der Waals surface area contributed by atoms with E-state index in [-0.39, 0.29) is 6.61 Å². The highest BCUT2D eigenvalue weighted by Gasteiger charge is 2.20. The first-order valence-electron chi connectivity index (χ1n) is 11.2. The molecule has 8 nitrogen and oxygen atoms in total. The summed E-state index contributed by atoms with van der Waals surface area (Å²) >= 11 is 0. The molecule has 0 aliphatic heterocycles. The average molecular weight is 473 g/mol. The molecule has 2 aromatic carbocycles. The van der Waals surface area contributed by atoms with Crippen molar-refractivity contribution in [1.82, 2.24) is 5.32 Å². The molecule has 1 amide bonds. The van der Waals surface area contributed by atoms with Gasteiger partial charge in [0.05, 0.1) is 0 Å². The lowest BCUT2D eigenvalue weighted by Crippen LogP contribution is -2.41. The Labute approximate surface area is 201 Å². The minimum atomic E-state index is -1.07. The van der Waals surface area contributed by atoms with Gasteiger partial charge >= 0.3 is 18.0 Å². The molecule has 2 aromatic rings. The minimum absolute atomic E-state index is 0.107. The molecule has 0 saturated heterocycles. The monoisotopic (exact) mass is 472 g/mol. The van der Waals surface area contributed by atoms with Crippen LogP contribution in [0.3, 0.4) is 0 Å². The van der Waals surface area contributed by atoms with Crippen LogP contribution in [0.5, 0.6) is 0 Å². The van der Waals surface area contributed by atoms with Gasteiger partial charge in [0, 0.05) is 0 Å². The largest absolute Gasteiger partial charge is 0.480 e.